The second kappa shape index (κ2) is 8.66. The molecule has 150 valence electrons. The Morgan fingerprint density at radius 3 is 2.93 bits per heavy atom. The number of carbonyl (C=O) groups is 1. The molecule has 1 N–H and O–H groups in total. The number of nitrogens with zero attached hydrogens (tertiary/aromatic N) is 2. The van der Waals surface area contributed by atoms with Crippen LogP contribution in [0.25, 0.3) is 0 Å². The number of non-ortho nitro benzene ring substituents is 1. The zero-order valence-electron chi connectivity index (χ0n) is 15.8. The van der Waals surface area contributed by atoms with Gasteiger partial charge < -0.3 is 19.7 Å². The highest BCUT2D eigenvalue weighted by molar-refractivity contribution is 7.80. The summed E-state index contributed by atoms with van der Waals surface area (Å²) < 4.78 is 11.0. The predicted octanol–water partition coefficient (Wildman–Crippen LogP) is 2.84. The summed E-state index contributed by atoms with van der Waals surface area (Å²) in [5.41, 5.74) is 1.60. The van der Waals surface area contributed by atoms with Crippen molar-refractivity contribution in [1.82, 2.24) is 10.2 Å². The SMILES string of the molecule is CCOC(=O)C1=C(C)N(CC2CCCO2)C(=S)NC1c1cccc([N+](=O)[O-])c1. The Morgan fingerprint density at radius 2 is 2.29 bits per heavy atom. The molecular formula is C19H23N3O5S. The smallest absolute Gasteiger partial charge is 0.338 e. The first-order chi connectivity index (χ1) is 13.4. The Hall–Kier alpha value is -2.52. The maximum atomic E-state index is 12.7. The second-order valence-electron chi connectivity index (χ2n) is 6.70. The summed E-state index contributed by atoms with van der Waals surface area (Å²) in [6.45, 7) is 5.05. The lowest BCUT2D eigenvalue weighted by Gasteiger charge is -2.38. The van der Waals surface area contributed by atoms with Crippen LogP contribution in [0.2, 0.25) is 0 Å². The third-order valence-electron chi connectivity index (χ3n) is 4.92. The van der Waals surface area contributed by atoms with Crippen molar-refractivity contribution in [2.75, 3.05) is 19.8 Å². The number of rotatable bonds is 6. The van der Waals surface area contributed by atoms with Crippen LogP contribution >= 0.6 is 12.2 Å². The van der Waals surface area contributed by atoms with Gasteiger partial charge in [-0.15, -0.1) is 0 Å². The van der Waals surface area contributed by atoms with Crippen molar-refractivity contribution >= 4 is 29.0 Å². The third kappa shape index (κ3) is 4.15. The zero-order valence-corrected chi connectivity index (χ0v) is 16.7. The minimum Gasteiger partial charge on any atom is -0.463 e. The maximum absolute atomic E-state index is 12.7. The van der Waals surface area contributed by atoms with E-state index in [-0.39, 0.29) is 18.4 Å². The monoisotopic (exact) mass is 405 g/mol. The molecule has 0 aromatic heterocycles. The van der Waals surface area contributed by atoms with Gasteiger partial charge in [0.1, 0.15) is 0 Å². The number of hydrogen-bond donors (Lipinski definition) is 1. The van der Waals surface area contributed by atoms with E-state index < -0.39 is 16.9 Å². The molecule has 1 fully saturated rings. The molecule has 2 heterocycles. The largest absolute Gasteiger partial charge is 0.463 e. The average Bonchev–Trinajstić information content (AvgIpc) is 3.18. The molecule has 9 heteroatoms. The molecule has 1 saturated heterocycles. The molecule has 0 bridgehead atoms. The van der Waals surface area contributed by atoms with Gasteiger partial charge in [-0.1, -0.05) is 12.1 Å². The minimum atomic E-state index is -0.618. The molecule has 1 aromatic carbocycles. The van der Waals surface area contributed by atoms with Gasteiger partial charge in [0.05, 0.1) is 35.8 Å². The minimum absolute atomic E-state index is 0.0483. The highest BCUT2D eigenvalue weighted by Gasteiger charge is 2.36. The molecular weight excluding hydrogens is 382 g/mol. The topological polar surface area (TPSA) is 93.9 Å². The number of benzene rings is 1. The van der Waals surface area contributed by atoms with Crippen molar-refractivity contribution in [2.24, 2.45) is 0 Å². The molecule has 2 atom stereocenters. The first-order valence-corrected chi connectivity index (χ1v) is 9.65. The van der Waals surface area contributed by atoms with Crippen molar-refractivity contribution in [2.45, 2.75) is 38.8 Å². The van der Waals surface area contributed by atoms with Gasteiger partial charge in [0.15, 0.2) is 5.11 Å². The van der Waals surface area contributed by atoms with Gasteiger partial charge in [-0.25, -0.2) is 4.79 Å². The first-order valence-electron chi connectivity index (χ1n) is 9.24. The van der Waals surface area contributed by atoms with Crippen LogP contribution in [0.3, 0.4) is 0 Å². The van der Waals surface area contributed by atoms with Crippen LogP contribution in [0.5, 0.6) is 0 Å². The second-order valence-corrected chi connectivity index (χ2v) is 7.09. The van der Waals surface area contributed by atoms with Crippen LogP contribution in [0, 0.1) is 10.1 Å². The van der Waals surface area contributed by atoms with E-state index in [0.29, 0.717) is 28.5 Å². The molecule has 28 heavy (non-hydrogen) atoms. The lowest BCUT2D eigenvalue weighted by atomic mass is 9.94. The van der Waals surface area contributed by atoms with E-state index in [0.717, 1.165) is 19.4 Å². The van der Waals surface area contributed by atoms with Crippen LogP contribution < -0.4 is 5.32 Å². The standard InChI is InChI=1S/C19H23N3O5S/c1-3-26-18(23)16-12(2)21(11-15-8-5-9-27-15)19(28)20-17(16)13-6-4-7-14(10-13)22(24)25/h4,6-7,10,15,17H,3,5,8-9,11H2,1-2H3,(H,20,28). The fraction of sp³-hybridized carbons (Fsp3) is 0.474. The number of nitrogens with one attached hydrogen (secondary N) is 1. The van der Waals surface area contributed by atoms with Crippen molar-refractivity contribution in [3.8, 4) is 0 Å². The molecule has 0 amide bonds. The summed E-state index contributed by atoms with van der Waals surface area (Å²) >= 11 is 5.54. The number of thiocarbonyl (C=S) groups is 1. The van der Waals surface area contributed by atoms with E-state index in [1.54, 1.807) is 19.1 Å². The molecule has 0 radical (unpaired) electrons. The summed E-state index contributed by atoms with van der Waals surface area (Å²) in [7, 11) is 0. The van der Waals surface area contributed by atoms with Crippen LogP contribution in [-0.4, -0.2) is 46.8 Å². The summed E-state index contributed by atoms with van der Waals surface area (Å²) in [4.78, 5) is 25.3. The van der Waals surface area contributed by atoms with E-state index in [9.17, 15) is 14.9 Å². The van der Waals surface area contributed by atoms with Gasteiger partial charge in [-0.2, -0.15) is 0 Å². The normalized spacial score (nSPS) is 22.2. The zero-order chi connectivity index (χ0) is 20.3. The number of hydrogen-bond acceptors (Lipinski definition) is 6. The fourth-order valence-electron chi connectivity index (χ4n) is 3.53. The Morgan fingerprint density at radius 1 is 1.50 bits per heavy atom. The van der Waals surface area contributed by atoms with Gasteiger partial charge >= 0.3 is 5.97 Å². The fourth-order valence-corrected chi connectivity index (χ4v) is 3.86. The van der Waals surface area contributed by atoms with Gasteiger partial charge in [0.25, 0.3) is 5.69 Å². The Bertz CT molecular complexity index is 820. The molecule has 2 unspecified atom stereocenters. The van der Waals surface area contributed by atoms with Crippen LogP contribution in [0.4, 0.5) is 5.69 Å². The lowest BCUT2D eigenvalue weighted by Crippen LogP contribution is -2.50. The summed E-state index contributed by atoms with van der Waals surface area (Å²) in [6.07, 6.45) is 1.99. The quantitative estimate of drug-likeness (QED) is 0.334. The Kier molecular flexibility index (Phi) is 6.25. The lowest BCUT2D eigenvalue weighted by molar-refractivity contribution is -0.384. The van der Waals surface area contributed by atoms with Gasteiger partial charge in [-0.05, 0) is 44.5 Å². The van der Waals surface area contributed by atoms with E-state index in [1.165, 1.54) is 12.1 Å². The molecule has 1 aromatic rings. The van der Waals surface area contributed by atoms with Gasteiger partial charge in [-0.3, -0.25) is 10.1 Å². The predicted molar refractivity (Wildman–Crippen MR) is 107 cm³/mol. The highest BCUT2D eigenvalue weighted by atomic mass is 32.1. The van der Waals surface area contributed by atoms with Crippen molar-refractivity contribution in [3.63, 3.8) is 0 Å². The van der Waals surface area contributed by atoms with Crippen molar-refractivity contribution in [1.29, 1.82) is 0 Å². The summed E-state index contributed by atoms with van der Waals surface area (Å²) in [6, 6.07) is 5.56. The Labute approximate surface area is 168 Å². The molecule has 3 rings (SSSR count). The summed E-state index contributed by atoms with van der Waals surface area (Å²) in [5, 5.41) is 14.8. The number of nitro groups is 1. The molecule has 0 saturated carbocycles. The molecule has 0 aliphatic carbocycles. The van der Waals surface area contributed by atoms with Crippen LogP contribution in [-0.2, 0) is 14.3 Å². The van der Waals surface area contributed by atoms with E-state index in [1.807, 2.05) is 11.8 Å². The molecule has 2 aliphatic rings. The van der Waals surface area contributed by atoms with Crippen molar-refractivity contribution in [3.05, 3.63) is 51.2 Å². The number of ether oxygens (including phenoxy) is 2. The Balaban J connectivity index is 2.00. The van der Waals surface area contributed by atoms with Crippen LogP contribution in [0.15, 0.2) is 35.5 Å². The first kappa shape index (κ1) is 20.2. The molecule has 2 aliphatic heterocycles. The van der Waals surface area contributed by atoms with Crippen LogP contribution in [0.1, 0.15) is 38.3 Å². The number of carbonyl (C=O) groups excluding carboxylic acids is 1. The molecule has 0 spiro atoms. The molecule has 8 nitrogen and oxygen atoms in total. The number of allylic oxidation sites excluding steroid dienone is 1. The average molecular weight is 405 g/mol. The van der Waals surface area contributed by atoms with E-state index in [4.69, 9.17) is 21.7 Å². The summed E-state index contributed by atoms with van der Waals surface area (Å²) in [5.74, 6) is -0.469. The van der Waals surface area contributed by atoms with Gasteiger partial charge in [0, 0.05) is 24.4 Å². The maximum Gasteiger partial charge on any atom is 0.338 e. The third-order valence-corrected chi connectivity index (χ3v) is 5.25. The van der Waals surface area contributed by atoms with E-state index in [2.05, 4.69) is 5.32 Å². The van der Waals surface area contributed by atoms with Crippen molar-refractivity contribution < 1.29 is 19.2 Å². The number of esters is 1. The highest BCUT2D eigenvalue weighted by Crippen LogP contribution is 2.33. The van der Waals surface area contributed by atoms with E-state index >= 15 is 0 Å². The number of nitro benzene ring substituents is 1. The van der Waals surface area contributed by atoms with Gasteiger partial charge in [0.2, 0.25) is 0 Å².